The molecule has 1 aromatic rings. The van der Waals surface area contributed by atoms with Crippen molar-refractivity contribution in [2.24, 2.45) is 5.41 Å². The number of likely N-dealkylation sites (N-methyl/N-ethyl adjacent to an activating group) is 1. The fourth-order valence-electron chi connectivity index (χ4n) is 3.71. The lowest BCUT2D eigenvalue weighted by Gasteiger charge is -2.38. The Labute approximate surface area is 126 Å². The lowest BCUT2D eigenvalue weighted by molar-refractivity contribution is 0.186. The van der Waals surface area contributed by atoms with Crippen LogP contribution in [0.2, 0.25) is 5.02 Å². The highest BCUT2D eigenvalue weighted by molar-refractivity contribution is 6.31. The molecule has 1 N–H and O–H groups in total. The molecule has 1 unspecified atom stereocenters. The molecule has 0 aliphatic heterocycles. The van der Waals surface area contributed by atoms with Crippen molar-refractivity contribution < 1.29 is 4.39 Å². The van der Waals surface area contributed by atoms with Gasteiger partial charge in [0.2, 0.25) is 0 Å². The molecule has 1 aromatic carbocycles. The van der Waals surface area contributed by atoms with Gasteiger partial charge >= 0.3 is 0 Å². The molecule has 1 nitrogen and oxygen atoms in total. The van der Waals surface area contributed by atoms with Gasteiger partial charge in [-0.1, -0.05) is 50.4 Å². The Hall–Kier alpha value is -0.600. The average molecular weight is 298 g/mol. The van der Waals surface area contributed by atoms with Gasteiger partial charge in [0, 0.05) is 6.04 Å². The zero-order valence-electron chi connectivity index (χ0n) is 12.5. The van der Waals surface area contributed by atoms with Gasteiger partial charge in [0.1, 0.15) is 5.82 Å². The lowest BCUT2D eigenvalue weighted by atomic mass is 9.74. The Morgan fingerprint density at radius 1 is 1.30 bits per heavy atom. The highest BCUT2D eigenvalue weighted by atomic mass is 35.5. The summed E-state index contributed by atoms with van der Waals surface area (Å²) in [5.74, 6) is -0.309. The molecule has 0 amide bonds. The molecule has 0 radical (unpaired) electrons. The average Bonchev–Trinajstić information content (AvgIpc) is 2.93. The van der Waals surface area contributed by atoms with E-state index in [2.05, 4.69) is 19.2 Å². The number of halogens is 2. The van der Waals surface area contributed by atoms with Gasteiger partial charge in [0.05, 0.1) is 5.02 Å². The molecule has 0 bridgehead atoms. The molecule has 112 valence electrons. The van der Waals surface area contributed by atoms with Crippen molar-refractivity contribution in [3.8, 4) is 0 Å². The van der Waals surface area contributed by atoms with Gasteiger partial charge in [-0.15, -0.1) is 0 Å². The predicted molar refractivity (Wildman–Crippen MR) is 83.8 cm³/mol. The van der Waals surface area contributed by atoms with Crippen molar-refractivity contribution in [3.63, 3.8) is 0 Å². The quantitative estimate of drug-likeness (QED) is 0.781. The number of hydrogen-bond donors (Lipinski definition) is 1. The minimum absolute atomic E-state index is 0.291. The predicted octanol–water partition coefficient (Wildman–Crippen LogP) is 4.97. The number of benzene rings is 1. The van der Waals surface area contributed by atoms with Crippen molar-refractivity contribution in [1.29, 1.82) is 0 Å². The Morgan fingerprint density at radius 2 is 2.00 bits per heavy atom. The maximum Gasteiger partial charge on any atom is 0.142 e. The molecule has 1 fully saturated rings. The van der Waals surface area contributed by atoms with Crippen molar-refractivity contribution >= 4 is 11.6 Å². The SMILES string of the molecule is CCNC(Cc1cccc(F)c1Cl)C1(CC)CCCC1. The molecule has 1 saturated carbocycles. The molecule has 0 spiro atoms. The van der Waals surface area contributed by atoms with Gasteiger partial charge in [0.15, 0.2) is 0 Å². The first-order valence-corrected chi connectivity index (χ1v) is 8.17. The van der Waals surface area contributed by atoms with Gasteiger partial charge in [-0.2, -0.15) is 0 Å². The topological polar surface area (TPSA) is 12.0 Å². The summed E-state index contributed by atoms with van der Waals surface area (Å²) in [4.78, 5) is 0. The van der Waals surface area contributed by atoms with Crippen LogP contribution < -0.4 is 5.32 Å². The molecular formula is C17H25ClFN. The molecule has 3 heteroatoms. The monoisotopic (exact) mass is 297 g/mol. The first-order valence-electron chi connectivity index (χ1n) is 7.79. The summed E-state index contributed by atoms with van der Waals surface area (Å²) >= 11 is 6.13. The molecule has 1 aliphatic rings. The maximum atomic E-state index is 13.6. The summed E-state index contributed by atoms with van der Waals surface area (Å²) in [6.07, 6.45) is 7.16. The van der Waals surface area contributed by atoms with Crippen LogP contribution in [-0.4, -0.2) is 12.6 Å². The van der Waals surface area contributed by atoms with Crippen LogP contribution in [-0.2, 0) is 6.42 Å². The van der Waals surface area contributed by atoms with Gasteiger partial charge in [-0.05, 0) is 49.3 Å². The van der Waals surface area contributed by atoms with E-state index in [9.17, 15) is 4.39 Å². The second-order valence-electron chi connectivity index (χ2n) is 5.95. The van der Waals surface area contributed by atoms with Crippen LogP contribution in [0.4, 0.5) is 4.39 Å². The standard InChI is InChI=1S/C17H25ClFN/c1-3-17(10-5-6-11-17)15(20-4-2)12-13-8-7-9-14(19)16(13)18/h7-9,15,20H,3-6,10-12H2,1-2H3. The third-order valence-electron chi connectivity index (χ3n) is 4.95. The maximum absolute atomic E-state index is 13.6. The van der Waals surface area contributed by atoms with Crippen LogP contribution in [0.5, 0.6) is 0 Å². The number of nitrogens with one attached hydrogen (secondary N) is 1. The van der Waals surface area contributed by atoms with Gasteiger partial charge < -0.3 is 5.32 Å². The Morgan fingerprint density at radius 3 is 2.60 bits per heavy atom. The minimum Gasteiger partial charge on any atom is -0.313 e. The van der Waals surface area contributed by atoms with E-state index in [0.717, 1.165) is 18.5 Å². The van der Waals surface area contributed by atoms with Crippen molar-refractivity contribution in [1.82, 2.24) is 5.32 Å². The number of rotatable bonds is 6. The van der Waals surface area contributed by atoms with Gasteiger partial charge in [-0.25, -0.2) is 4.39 Å². The van der Waals surface area contributed by atoms with Gasteiger partial charge in [-0.3, -0.25) is 0 Å². The van der Waals surface area contributed by atoms with E-state index in [4.69, 9.17) is 11.6 Å². The van der Waals surface area contributed by atoms with E-state index in [0.29, 0.717) is 16.5 Å². The normalized spacial score (nSPS) is 19.2. The van der Waals surface area contributed by atoms with Crippen molar-refractivity contribution in [2.75, 3.05) is 6.54 Å². The van der Waals surface area contributed by atoms with Crippen molar-refractivity contribution in [2.45, 2.75) is 58.4 Å². The van der Waals surface area contributed by atoms with Crippen molar-refractivity contribution in [3.05, 3.63) is 34.6 Å². The smallest absolute Gasteiger partial charge is 0.142 e. The summed E-state index contributed by atoms with van der Waals surface area (Å²) in [5.41, 5.74) is 1.28. The molecule has 0 heterocycles. The summed E-state index contributed by atoms with van der Waals surface area (Å²) < 4.78 is 13.6. The first-order chi connectivity index (χ1) is 9.63. The van der Waals surface area contributed by atoms with E-state index in [-0.39, 0.29) is 5.82 Å². The van der Waals surface area contributed by atoms with E-state index < -0.39 is 0 Å². The van der Waals surface area contributed by atoms with Crippen LogP contribution >= 0.6 is 11.6 Å². The van der Waals surface area contributed by atoms with E-state index >= 15 is 0 Å². The summed E-state index contributed by atoms with van der Waals surface area (Å²) in [7, 11) is 0. The fraction of sp³-hybridized carbons (Fsp3) is 0.647. The van der Waals surface area contributed by atoms with E-state index in [1.54, 1.807) is 6.07 Å². The third-order valence-corrected chi connectivity index (χ3v) is 5.37. The largest absolute Gasteiger partial charge is 0.313 e. The molecule has 20 heavy (non-hydrogen) atoms. The summed E-state index contributed by atoms with van der Waals surface area (Å²) in [6.45, 7) is 5.36. The second-order valence-corrected chi connectivity index (χ2v) is 6.33. The van der Waals surface area contributed by atoms with Crippen LogP contribution in [0.1, 0.15) is 51.5 Å². The van der Waals surface area contributed by atoms with Crippen LogP contribution in [0.25, 0.3) is 0 Å². The molecule has 1 aliphatic carbocycles. The zero-order chi connectivity index (χ0) is 14.6. The Kier molecular flexibility index (Phi) is 5.45. The molecule has 0 saturated heterocycles. The molecule has 1 atom stereocenters. The Bertz CT molecular complexity index is 441. The second kappa shape index (κ2) is 6.91. The zero-order valence-corrected chi connectivity index (χ0v) is 13.3. The number of hydrogen-bond acceptors (Lipinski definition) is 1. The van der Waals surface area contributed by atoms with Crippen LogP contribution in [0.15, 0.2) is 18.2 Å². The molecule has 2 rings (SSSR count). The minimum atomic E-state index is -0.309. The fourth-order valence-corrected chi connectivity index (χ4v) is 3.91. The van der Waals surface area contributed by atoms with E-state index in [1.807, 2.05) is 6.07 Å². The van der Waals surface area contributed by atoms with Gasteiger partial charge in [0.25, 0.3) is 0 Å². The van der Waals surface area contributed by atoms with Crippen LogP contribution in [0, 0.1) is 11.2 Å². The third kappa shape index (κ3) is 3.17. The molecular weight excluding hydrogens is 273 g/mol. The summed E-state index contributed by atoms with van der Waals surface area (Å²) in [5, 5.41) is 3.92. The van der Waals surface area contributed by atoms with Crippen LogP contribution in [0.3, 0.4) is 0 Å². The lowest BCUT2D eigenvalue weighted by Crippen LogP contribution is -2.45. The first kappa shape index (κ1) is 15.8. The molecule has 0 aromatic heterocycles. The van der Waals surface area contributed by atoms with E-state index in [1.165, 1.54) is 38.2 Å². The highest BCUT2D eigenvalue weighted by Crippen LogP contribution is 2.45. The Balaban J connectivity index is 2.23. The summed E-state index contributed by atoms with van der Waals surface area (Å²) in [6, 6.07) is 5.53. The highest BCUT2D eigenvalue weighted by Gasteiger charge is 2.39.